The van der Waals surface area contributed by atoms with Crippen molar-refractivity contribution in [2.24, 2.45) is 0 Å². The number of carbonyl (C=O) groups excluding carboxylic acids is 1. The second-order valence-corrected chi connectivity index (χ2v) is 2.96. The number of carbonyl (C=O) groups is 1. The van der Waals surface area contributed by atoms with E-state index in [1.54, 1.807) is 6.92 Å². The largest absolute Gasteiger partial charge is 0.458 e. The molecular weight excluding hydrogens is 148 g/mol. The van der Waals surface area contributed by atoms with Crippen LogP contribution in [-0.2, 0) is 9.53 Å². The first-order valence-corrected chi connectivity index (χ1v) is 3.42. The molecule has 1 atom stereocenters. The molecule has 0 saturated carbocycles. The summed E-state index contributed by atoms with van der Waals surface area (Å²) >= 11 is 0. The first kappa shape index (κ1) is 10.4. The molecule has 0 amide bonds. The Morgan fingerprint density at radius 3 is 2.36 bits per heavy atom. The van der Waals surface area contributed by atoms with E-state index in [4.69, 9.17) is 10.2 Å². The fourth-order valence-corrected chi connectivity index (χ4v) is 0.364. The van der Waals surface area contributed by atoms with Crippen LogP contribution in [0.2, 0.25) is 0 Å². The predicted molar refractivity (Wildman–Crippen MR) is 38.9 cm³/mol. The maximum absolute atomic E-state index is 10.9. The summed E-state index contributed by atoms with van der Waals surface area (Å²) < 4.78 is 4.62. The Morgan fingerprint density at radius 2 is 2.09 bits per heavy atom. The Labute approximate surface area is 65.8 Å². The van der Waals surface area contributed by atoms with Gasteiger partial charge in [-0.25, -0.2) is 4.79 Å². The van der Waals surface area contributed by atoms with Crippen molar-refractivity contribution in [2.75, 3.05) is 6.61 Å². The molecule has 0 aliphatic carbocycles. The number of hydrogen-bond acceptors (Lipinski definition) is 4. The fraction of sp³-hybridized carbons (Fsp3) is 0.857. The van der Waals surface area contributed by atoms with E-state index in [1.807, 2.05) is 0 Å². The number of ether oxygens (including phenoxy) is 1. The normalized spacial score (nSPS) is 14.3. The van der Waals surface area contributed by atoms with E-state index in [-0.39, 0.29) is 6.61 Å². The summed E-state index contributed by atoms with van der Waals surface area (Å²) in [5, 5.41) is 17.6. The average molecular weight is 162 g/mol. The van der Waals surface area contributed by atoms with Gasteiger partial charge in [0, 0.05) is 0 Å². The van der Waals surface area contributed by atoms with Crippen LogP contribution in [0.1, 0.15) is 20.8 Å². The van der Waals surface area contributed by atoms with Gasteiger partial charge < -0.3 is 14.9 Å². The Hall–Kier alpha value is -0.610. The van der Waals surface area contributed by atoms with Gasteiger partial charge in [0.25, 0.3) is 0 Å². The van der Waals surface area contributed by atoms with Gasteiger partial charge in [-0.05, 0) is 20.8 Å². The lowest BCUT2D eigenvalue weighted by Gasteiger charge is -2.18. The highest BCUT2D eigenvalue weighted by atomic mass is 16.6. The van der Waals surface area contributed by atoms with E-state index >= 15 is 0 Å². The average Bonchev–Trinajstić information content (AvgIpc) is 1.85. The van der Waals surface area contributed by atoms with Gasteiger partial charge in [0.05, 0.1) is 6.61 Å². The lowest BCUT2D eigenvalue weighted by atomic mass is 10.1. The number of esters is 1. The minimum absolute atomic E-state index is 0.234. The Bertz CT molecular complexity index is 136. The van der Waals surface area contributed by atoms with E-state index in [0.29, 0.717) is 0 Å². The summed E-state index contributed by atoms with van der Waals surface area (Å²) in [7, 11) is 0. The summed E-state index contributed by atoms with van der Waals surface area (Å²) in [6.45, 7) is 3.98. The molecule has 11 heavy (non-hydrogen) atoms. The molecule has 4 nitrogen and oxygen atoms in total. The minimum atomic E-state index is -1.48. The zero-order valence-corrected chi connectivity index (χ0v) is 7.00. The monoisotopic (exact) mass is 162 g/mol. The van der Waals surface area contributed by atoms with Crippen LogP contribution in [0.15, 0.2) is 0 Å². The highest BCUT2D eigenvalue weighted by molar-refractivity contribution is 5.78. The van der Waals surface area contributed by atoms with E-state index < -0.39 is 17.7 Å². The van der Waals surface area contributed by atoms with Crippen LogP contribution in [-0.4, -0.2) is 34.5 Å². The molecule has 0 aliphatic rings. The molecule has 0 radical (unpaired) electrons. The van der Waals surface area contributed by atoms with Gasteiger partial charge >= 0.3 is 5.97 Å². The SMILES string of the molecule is CC(CO)OC(=O)C(C)(C)O. The zero-order valence-electron chi connectivity index (χ0n) is 7.00. The first-order chi connectivity index (χ1) is 4.88. The second-order valence-electron chi connectivity index (χ2n) is 2.96. The third-order valence-corrected chi connectivity index (χ3v) is 1.06. The Morgan fingerprint density at radius 1 is 1.64 bits per heavy atom. The first-order valence-electron chi connectivity index (χ1n) is 3.42. The Kier molecular flexibility index (Phi) is 3.48. The highest BCUT2D eigenvalue weighted by Crippen LogP contribution is 2.05. The van der Waals surface area contributed by atoms with Crippen LogP contribution < -0.4 is 0 Å². The molecule has 0 saturated heterocycles. The topological polar surface area (TPSA) is 66.8 Å². The van der Waals surface area contributed by atoms with Crippen LogP contribution in [0.5, 0.6) is 0 Å². The van der Waals surface area contributed by atoms with Gasteiger partial charge in [-0.1, -0.05) is 0 Å². The molecule has 0 fully saturated rings. The molecule has 4 heteroatoms. The number of hydrogen-bond donors (Lipinski definition) is 2. The van der Waals surface area contributed by atoms with Crippen molar-refractivity contribution in [1.29, 1.82) is 0 Å². The van der Waals surface area contributed by atoms with Gasteiger partial charge in [0.15, 0.2) is 5.60 Å². The molecule has 0 aromatic carbocycles. The summed E-state index contributed by atoms with van der Waals surface area (Å²) in [6, 6.07) is 0. The lowest BCUT2D eigenvalue weighted by Crippen LogP contribution is -2.36. The van der Waals surface area contributed by atoms with Crippen LogP contribution in [0, 0.1) is 0 Å². The number of aliphatic hydroxyl groups excluding tert-OH is 1. The second kappa shape index (κ2) is 3.69. The minimum Gasteiger partial charge on any atom is -0.458 e. The molecule has 2 N–H and O–H groups in total. The van der Waals surface area contributed by atoms with Crippen LogP contribution in [0.3, 0.4) is 0 Å². The third-order valence-electron chi connectivity index (χ3n) is 1.06. The molecule has 66 valence electrons. The standard InChI is InChI=1S/C7H14O4/c1-5(4-8)11-6(9)7(2,3)10/h5,8,10H,4H2,1-3H3. The van der Waals surface area contributed by atoms with Gasteiger partial charge in [-0.15, -0.1) is 0 Å². The molecule has 0 heterocycles. The quantitative estimate of drug-likeness (QED) is 0.558. The van der Waals surface area contributed by atoms with Crippen LogP contribution in [0.4, 0.5) is 0 Å². The zero-order chi connectivity index (χ0) is 9.07. The van der Waals surface area contributed by atoms with Crippen molar-refractivity contribution in [1.82, 2.24) is 0 Å². The van der Waals surface area contributed by atoms with Gasteiger partial charge in [0.1, 0.15) is 6.10 Å². The predicted octanol–water partition coefficient (Wildman–Crippen LogP) is -0.319. The van der Waals surface area contributed by atoms with Gasteiger partial charge in [-0.2, -0.15) is 0 Å². The van der Waals surface area contributed by atoms with E-state index in [0.717, 1.165) is 0 Å². The summed E-state index contributed by atoms with van der Waals surface area (Å²) in [4.78, 5) is 10.9. The highest BCUT2D eigenvalue weighted by Gasteiger charge is 2.26. The molecule has 0 rings (SSSR count). The molecule has 0 bridgehead atoms. The van der Waals surface area contributed by atoms with Crippen molar-refractivity contribution >= 4 is 5.97 Å². The fourth-order valence-electron chi connectivity index (χ4n) is 0.364. The van der Waals surface area contributed by atoms with Crippen molar-refractivity contribution in [3.05, 3.63) is 0 Å². The number of aliphatic hydroxyl groups is 2. The molecule has 1 unspecified atom stereocenters. The maximum atomic E-state index is 10.9. The van der Waals surface area contributed by atoms with E-state index in [1.165, 1.54) is 13.8 Å². The van der Waals surface area contributed by atoms with Crippen molar-refractivity contribution < 1.29 is 19.7 Å². The van der Waals surface area contributed by atoms with Gasteiger partial charge in [-0.3, -0.25) is 0 Å². The van der Waals surface area contributed by atoms with Gasteiger partial charge in [0.2, 0.25) is 0 Å². The van der Waals surface area contributed by atoms with Crippen LogP contribution >= 0.6 is 0 Å². The van der Waals surface area contributed by atoms with Crippen molar-refractivity contribution in [3.63, 3.8) is 0 Å². The van der Waals surface area contributed by atoms with Crippen LogP contribution in [0.25, 0.3) is 0 Å². The molecule has 0 aromatic rings. The van der Waals surface area contributed by atoms with Crippen molar-refractivity contribution in [3.8, 4) is 0 Å². The molecule has 0 spiro atoms. The summed E-state index contributed by atoms with van der Waals surface area (Å²) in [5.41, 5.74) is -1.48. The molecule has 0 aromatic heterocycles. The lowest BCUT2D eigenvalue weighted by molar-refractivity contribution is -0.168. The van der Waals surface area contributed by atoms with Crippen molar-refractivity contribution in [2.45, 2.75) is 32.5 Å². The third kappa shape index (κ3) is 3.95. The smallest absolute Gasteiger partial charge is 0.337 e. The maximum Gasteiger partial charge on any atom is 0.337 e. The van der Waals surface area contributed by atoms with E-state index in [9.17, 15) is 4.79 Å². The number of rotatable bonds is 3. The summed E-state index contributed by atoms with van der Waals surface area (Å²) in [5.74, 6) is -0.723. The van der Waals surface area contributed by atoms with E-state index in [2.05, 4.69) is 4.74 Å². The molecule has 0 aliphatic heterocycles. The summed E-state index contributed by atoms with van der Waals surface area (Å²) in [6.07, 6.45) is -0.561. The Balaban J connectivity index is 3.88. The molecular formula is C7H14O4.